The molecule has 2 aromatic rings. The van der Waals surface area contributed by atoms with E-state index in [1.165, 1.54) is 25.1 Å². The highest BCUT2D eigenvalue weighted by atomic mass is 35.5. The number of nitro benzene ring substituents is 1. The summed E-state index contributed by atoms with van der Waals surface area (Å²) in [6.07, 6.45) is 0. The topological polar surface area (TPSA) is 98.5 Å². The molecule has 0 spiro atoms. The van der Waals surface area contributed by atoms with Crippen LogP contribution in [0.2, 0.25) is 5.02 Å². The zero-order valence-corrected chi connectivity index (χ0v) is 13.4. The number of nitrogens with one attached hydrogen (secondary N) is 1. The first-order chi connectivity index (χ1) is 11.4. The molecule has 0 radical (unpaired) electrons. The van der Waals surface area contributed by atoms with Gasteiger partial charge in [0.05, 0.1) is 15.6 Å². The highest BCUT2D eigenvalue weighted by Crippen LogP contribution is 2.26. The van der Waals surface area contributed by atoms with Gasteiger partial charge < -0.3 is 10.1 Å². The second-order valence-corrected chi connectivity index (χ2v) is 5.25. The van der Waals surface area contributed by atoms with Gasteiger partial charge in [-0.2, -0.15) is 0 Å². The lowest BCUT2D eigenvalue weighted by atomic mass is 10.1. The fraction of sp³-hybridized carbons (Fsp3) is 0.125. The number of nitrogens with zero attached hydrogens (tertiary/aromatic N) is 1. The standard InChI is InChI=1S/C16H13ClN2O5/c1-10(20)11-2-5-13(6-3-11)24-9-16(21)18-15-8-12(19(22)23)4-7-14(15)17/h2-8H,9H2,1H3,(H,18,21). The van der Waals surface area contributed by atoms with Gasteiger partial charge in [-0.05, 0) is 37.3 Å². The number of hydrogen-bond donors (Lipinski definition) is 1. The van der Waals surface area contributed by atoms with Crippen LogP contribution >= 0.6 is 11.6 Å². The van der Waals surface area contributed by atoms with E-state index in [0.717, 1.165) is 0 Å². The Hall–Kier alpha value is -2.93. The Morgan fingerprint density at radius 3 is 2.46 bits per heavy atom. The normalized spacial score (nSPS) is 10.1. The first kappa shape index (κ1) is 17.4. The number of halogens is 1. The summed E-state index contributed by atoms with van der Waals surface area (Å²) in [6, 6.07) is 10.1. The number of hydrogen-bond acceptors (Lipinski definition) is 5. The lowest BCUT2D eigenvalue weighted by Gasteiger charge is -2.09. The molecule has 7 nitrogen and oxygen atoms in total. The van der Waals surface area contributed by atoms with Gasteiger partial charge >= 0.3 is 0 Å². The quantitative estimate of drug-likeness (QED) is 0.489. The average molecular weight is 349 g/mol. The summed E-state index contributed by atoms with van der Waals surface area (Å²) in [5, 5.41) is 13.4. The summed E-state index contributed by atoms with van der Waals surface area (Å²) in [4.78, 5) is 33.2. The fourth-order valence-electron chi connectivity index (χ4n) is 1.84. The molecule has 0 fully saturated rings. The summed E-state index contributed by atoms with van der Waals surface area (Å²) in [5.41, 5.74) is 0.483. The van der Waals surface area contributed by atoms with Crippen molar-refractivity contribution in [3.05, 3.63) is 63.2 Å². The van der Waals surface area contributed by atoms with Crippen molar-refractivity contribution >= 4 is 34.7 Å². The van der Waals surface area contributed by atoms with E-state index in [4.69, 9.17) is 16.3 Å². The van der Waals surface area contributed by atoms with Gasteiger partial charge in [0.2, 0.25) is 0 Å². The third-order valence-corrected chi connectivity index (χ3v) is 3.40. The van der Waals surface area contributed by atoms with Crippen molar-refractivity contribution < 1.29 is 19.2 Å². The van der Waals surface area contributed by atoms with Crippen molar-refractivity contribution in [3.8, 4) is 5.75 Å². The number of ketones is 1. The maximum atomic E-state index is 11.9. The molecule has 0 atom stereocenters. The first-order valence-electron chi connectivity index (χ1n) is 6.84. The van der Waals surface area contributed by atoms with Crippen LogP contribution in [0.1, 0.15) is 17.3 Å². The van der Waals surface area contributed by atoms with Crippen molar-refractivity contribution in [2.24, 2.45) is 0 Å². The molecule has 124 valence electrons. The van der Waals surface area contributed by atoms with Crippen LogP contribution < -0.4 is 10.1 Å². The summed E-state index contributed by atoms with van der Waals surface area (Å²) >= 11 is 5.90. The third kappa shape index (κ3) is 4.53. The minimum Gasteiger partial charge on any atom is -0.484 e. The Labute approximate surface area is 142 Å². The number of anilines is 1. The SMILES string of the molecule is CC(=O)c1ccc(OCC(=O)Nc2cc([N+](=O)[O-])ccc2Cl)cc1. The van der Waals surface area contributed by atoms with Gasteiger partial charge in [0, 0.05) is 17.7 Å². The van der Waals surface area contributed by atoms with Gasteiger partial charge in [-0.1, -0.05) is 11.6 Å². The van der Waals surface area contributed by atoms with Gasteiger partial charge in [-0.3, -0.25) is 19.7 Å². The first-order valence-corrected chi connectivity index (χ1v) is 7.22. The highest BCUT2D eigenvalue weighted by molar-refractivity contribution is 6.33. The minimum absolute atomic E-state index is 0.0698. The van der Waals surface area contributed by atoms with Crippen molar-refractivity contribution in [3.63, 3.8) is 0 Å². The van der Waals surface area contributed by atoms with Crippen molar-refractivity contribution in [2.75, 3.05) is 11.9 Å². The van der Waals surface area contributed by atoms with Gasteiger partial charge in [0.1, 0.15) is 5.75 Å². The summed E-state index contributed by atoms with van der Waals surface area (Å²) in [6.45, 7) is 1.14. The number of amides is 1. The van der Waals surface area contributed by atoms with Crippen molar-refractivity contribution in [2.45, 2.75) is 6.92 Å². The van der Waals surface area contributed by atoms with E-state index in [9.17, 15) is 19.7 Å². The van der Waals surface area contributed by atoms with Crippen molar-refractivity contribution in [1.29, 1.82) is 0 Å². The molecular weight excluding hydrogens is 336 g/mol. The van der Waals surface area contributed by atoms with Gasteiger partial charge in [0.25, 0.3) is 11.6 Å². The zero-order chi connectivity index (χ0) is 17.7. The van der Waals surface area contributed by atoms with E-state index in [1.807, 2.05) is 0 Å². The lowest BCUT2D eigenvalue weighted by molar-refractivity contribution is -0.384. The number of carbonyl (C=O) groups is 2. The largest absolute Gasteiger partial charge is 0.484 e. The number of rotatable bonds is 6. The smallest absolute Gasteiger partial charge is 0.271 e. The minimum atomic E-state index is -0.584. The highest BCUT2D eigenvalue weighted by Gasteiger charge is 2.12. The number of non-ortho nitro benzene ring substituents is 1. The van der Waals surface area contributed by atoms with Crippen LogP contribution in [0, 0.1) is 10.1 Å². The van der Waals surface area contributed by atoms with Crippen LogP contribution in [-0.2, 0) is 4.79 Å². The number of carbonyl (C=O) groups excluding carboxylic acids is 2. The molecule has 1 N–H and O–H groups in total. The Morgan fingerprint density at radius 2 is 1.88 bits per heavy atom. The second kappa shape index (κ2) is 7.56. The Balaban J connectivity index is 1.97. The molecule has 0 unspecified atom stereocenters. The predicted octanol–water partition coefficient (Wildman–Crippen LogP) is 3.47. The fourth-order valence-corrected chi connectivity index (χ4v) is 2.01. The Bertz CT molecular complexity index is 790. The maximum Gasteiger partial charge on any atom is 0.271 e. The van der Waals surface area contributed by atoms with E-state index in [1.54, 1.807) is 24.3 Å². The molecule has 2 aromatic carbocycles. The Kier molecular flexibility index (Phi) is 5.49. The lowest BCUT2D eigenvalue weighted by Crippen LogP contribution is -2.20. The van der Waals surface area contributed by atoms with Crippen LogP contribution in [0.15, 0.2) is 42.5 Å². The van der Waals surface area contributed by atoms with Crippen LogP contribution in [-0.4, -0.2) is 23.2 Å². The molecule has 0 aliphatic rings. The molecule has 0 aromatic heterocycles. The van der Waals surface area contributed by atoms with Crippen LogP contribution in [0.5, 0.6) is 5.75 Å². The van der Waals surface area contributed by atoms with Crippen molar-refractivity contribution in [1.82, 2.24) is 0 Å². The number of ether oxygens (including phenoxy) is 1. The summed E-state index contributed by atoms with van der Waals surface area (Å²) < 4.78 is 5.29. The molecule has 0 aliphatic carbocycles. The zero-order valence-electron chi connectivity index (χ0n) is 12.6. The van der Waals surface area contributed by atoms with E-state index < -0.39 is 10.8 Å². The maximum absolute atomic E-state index is 11.9. The molecule has 0 heterocycles. The van der Waals surface area contributed by atoms with E-state index in [0.29, 0.717) is 11.3 Å². The van der Waals surface area contributed by atoms with Gasteiger partial charge in [-0.25, -0.2) is 0 Å². The van der Waals surface area contributed by atoms with E-state index in [2.05, 4.69) is 5.32 Å². The molecule has 0 bridgehead atoms. The number of nitro groups is 1. The number of Topliss-reactive ketones (excluding diaryl/α,β-unsaturated/α-hetero) is 1. The molecule has 0 saturated heterocycles. The number of benzene rings is 2. The molecule has 1 amide bonds. The van der Waals surface area contributed by atoms with Crippen LogP contribution in [0.3, 0.4) is 0 Å². The Morgan fingerprint density at radius 1 is 1.21 bits per heavy atom. The average Bonchev–Trinajstić information content (AvgIpc) is 2.55. The second-order valence-electron chi connectivity index (χ2n) is 4.84. The molecule has 0 saturated carbocycles. The van der Waals surface area contributed by atoms with E-state index in [-0.39, 0.29) is 28.8 Å². The van der Waals surface area contributed by atoms with Crippen LogP contribution in [0.4, 0.5) is 11.4 Å². The summed E-state index contributed by atoms with van der Waals surface area (Å²) in [7, 11) is 0. The molecule has 0 aliphatic heterocycles. The molecule has 8 heteroatoms. The third-order valence-electron chi connectivity index (χ3n) is 3.07. The molecule has 24 heavy (non-hydrogen) atoms. The predicted molar refractivity (Wildman–Crippen MR) is 88.7 cm³/mol. The van der Waals surface area contributed by atoms with Gasteiger partial charge in [0.15, 0.2) is 12.4 Å². The monoisotopic (exact) mass is 348 g/mol. The van der Waals surface area contributed by atoms with E-state index >= 15 is 0 Å². The van der Waals surface area contributed by atoms with Gasteiger partial charge in [-0.15, -0.1) is 0 Å². The molecular formula is C16H13ClN2O5. The molecule has 2 rings (SSSR count). The van der Waals surface area contributed by atoms with Crippen LogP contribution in [0.25, 0.3) is 0 Å². The summed E-state index contributed by atoms with van der Waals surface area (Å²) in [5.74, 6) is -0.173.